The Hall–Kier alpha value is -0.610. The van der Waals surface area contributed by atoms with Crippen molar-refractivity contribution in [1.29, 1.82) is 0 Å². The van der Waals surface area contributed by atoms with E-state index in [0.29, 0.717) is 0 Å². The molecule has 1 unspecified atom stereocenters. The van der Waals surface area contributed by atoms with Crippen molar-refractivity contribution >= 4 is 5.97 Å². The van der Waals surface area contributed by atoms with Crippen molar-refractivity contribution in [3.63, 3.8) is 0 Å². The van der Waals surface area contributed by atoms with Crippen LogP contribution in [0, 0.1) is 11.3 Å². The topological polar surface area (TPSA) is 43.8 Å². The summed E-state index contributed by atoms with van der Waals surface area (Å²) in [6, 6.07) is 0. The molecule has 2 rings (SSSR count). The molecule has 116 valence electrons. The Balaban J connectivity index is 1.79. The molecule has 2 heterocycles. The largest absolute Gasteiger partial charge is 0.481 e. The van der Waals surface area contributed by atoms with Crippen molar-refractivity contribution in [1.82, 2.24) is 9.80 Å². The van der Waals surface area contributed by atoms with E-state index in [0.717, 1.165) is 39.0 Å². The standard InChI is InChI=1S/C16H30N2O2/c1-16(2,15(19)20)14-7-6-10-18(13-14)12-11-17-8-4-3-5-9-17/h14H,3-13H2,1-2H3,(H,19,20). The molecule has 1 N–H and O–H groups in total. The van der Waals surface area contributed by atoms with Gasteiger partial charge in [0.2, 0.25) is 0 Å². The van der Waals surface area contributed by atoms with Gasteiger partial charge in [0.15, 0.2) is 0 Å². The Morgan fingerprint density at radius 1 is 1.05 bits per heavy atom. The normalized spacial score (nSPS) is 26.6. The summed E-state index contributed by atoms with van der Waals surface area (Å²) in [6.45, 7) is 10.6. The van der Waals surface area contributed by atoms with E-state index in [1.807, 2.05) is 13.8 Å². The fourth-order valence-electron chi connectivity index (χ4n) is 3.49. The van der Waals surface area contributed by atoms with Crippen molar-refractivity contribution in [2.45, 2.75) is 46.0 Å². The van der Waals surface area contributed by atoms with E-state index in [4.69, 9.17) is 0 Å². The van der Waals surface area contributed by atoms with E-state index in [9.17, 15) is 9.90 Å². The number of carbonyl (C=O) groups is 1. The molecule has 0 aliphatic carbocycles. The SMILES string of the molecule is CC(C)(C(=O)O)C1CCCN(CCN2CCCCC2)C1. The van der Waals surface area contributed by atoms with Crippen LogP contribution >= 0.6 is 0 Å². The van der Waals surface area contributed by atoms with Gasteiger partial charge >= 0.3 is 5.97 Å². The number of likely N-dealkylation sites (tertiary alicyclic amines) is 2. The summed E-state index contributed by atoms with van der Waals surface area (Å²) in [5.41, 5.74) is -0.593. The molecule has 0 aromatic carbocycles. The van der Waals surface area contributed by atoms with E-state index in [1.165, 1.54) is 32.4 Å². The first kappa shape index (κ1) is 15.8. The van der Waals surface area contributed by atoms with Crippen LogP contribution in [-0.4, -0.2) is 60.1 Å². The number of rotatable bonds is 5. The van der Waals surface area contributed by atoms with Crippen LogP contribution in [0.4, 0.5) is 0 Å². The van der Waals surface area contributed by atoms with Crippen LogP contribution in [0.5, 0.6) is 0 Å². The molecule has 4 heteroatoms. The molecule has 2 aliphatic heterocycles. The molecule has 4 nitrogen and oxygen atoms in total. The van der Waals surface area contributed by atoms with E-state index in [-0.39, 0.29) is 5.92 Å². The summed E-state index contributed by atoms with van der Waals surface area (Å²) in [7, 11) is 0. The third-order valence-electron chi connectivity index (χ3n) is 5.26. The van der Waals surface area contributed by atoms with Gasteiger partial charge in [-0.3, -0.25) is 4.79 Å². The average Bonchev–Trinajstić information content (AvgIpc) is 2.46. The first-order valence-corrected chi connectivity index (χ1v) is 8.18. The van der Waals surface area contributed by atoms with Crippen LogP contribution in [0.25, 0.3) is 0 Å². The predicted molar refractivity (Wildman–Crippen MR) is 80.9 cm³/mol. The third-order valence-corrected chi connectivity index (χ3v) is 5.26. The second-order valence-electron chi connectivity index (χ2n) is 7.07. The fourth-order valence-corrected chi connectivity index (χ4v) is 3.49. The summed E-state index contributed by atoms with van der Waals surface area (Å²) in [6.07, 6.45) is 6.26. The summed E-state index contributed by atoms with van der Waals surface area (Å²) < 4.78 is 0. The number of carboxylic acids is 1. The maximum Gasteiger partial charge on any atom is 0.309 e. The molecule has 0 spiro atoms. The Kier molecular flexibility index (Phi) is 5.44. The predicted octanol–water partition coefficient (Wildman–Crippen LogP) is 2.30. The van der Waals surface area contributed by atoms with Crippen LogP contribution in [0.3, 0.4) is 0 Å². The van der Waals surface area contributed by atoms with Gasteiger partial charge in [-0.25, -0.2) is 0 Å². The Labute approximate surface area is 123 Å². The lowest BCUT2D eigenvalue weighted by Crippen LogP contribution is -2.47. The molecule has 0 saturated carbocycles. The Morgan fingerprint density at radius 2 is 1.65 bits per heavy atom. The maximum absolute atomic E-state index is 11.4. The maximum atomic E-state index is 11.4. The number of piperidine rings is 2. The lowest BCUT2D eigenvalue weighted by atomic mass is 9.74. The fraction of sp³-hybridized carbons (Fsp3) is 0.938. The number of hydrogen-bond donors (Lipinski definition) is 1. The molecule has 0 bridgehead atoms. The lowest BCUT2D eigenvalue weighted by molar-refractivity contribution is -0.151. The second-order valence-corrected chi connectivity index (χ2v) is 7.07. The van der Waals surface area contributed by atoms with Crippen LogP contribution in [0.15, 0.2) is 0 Å². The van der Waals surface area contributed by atoms with E-state index < -0.39 is 11.4 Å². The van der Waals surface area contributed by atoms with Gasteiger partial charge in [-0.15, -0.1) is 0 Å². The molecule has 0 radical (unpaired) electrons. The van der Waals surface area contributed by atoms with Gasteiger partial charge in [0.05, 0.1) is 5.41 Å². The minimum atomic E-state index is -0.652. The van der Waals surface area contributed by atoms with Gasteiger partial charge in [0, 0.05) is 19.6 Å². The molecular weight excluding hydrogens is 252 g/mol. The van der Waals surface area contributed by atoms with Crippen molar-refractivity contribution in [2.24, 2.45) is 11.3 Å². The molecule has 2 fully saturated rings. The zero-order valence-electron chi connectivity index (χ0n) is 13.1. The van der Waals surface area contributed by atoms with Gasteiger partial charge < -0.3 is 14.9 Å². The highest BCUT2D eigenvalue weighted by atomic mass is 16.4. The van der Waals surface area contributed by atoms with Gasteiger partial charge in [-0.1, -0.05) is 6.42 Å². The molecule has 1 atom stereocenters. The number of nitrogens with zero attached hydrogens (tertiary/aromatic N) is 2. The monoisotopic (exact) mass is 282 g/mol. The highest BCUT2D eigenvalue weighted by molar-refractivity contribution is 5.74. The smallest absolute Gasteiger partial charge is 0.309 e. The molecule has 2 saturated heterocycles. The second kappa shape index (κ2) is 6.90. The number of aliphatic carboxylic acids is 1. The van der Waals surface area contributed by atoms with E-state index in [2.05, 4.69) is 9.80 Å². The van der Waals surface area contributed by atoms with Gasteiger partial charge in [0.1, 0.15) is 0 Å². The van der Waals surface area contributed by atoms with Crippen LogP contribution < -0.4 is 0 Å². The summed E-state index contributed by atoms with van der Waals surface area (Å²) in [5, 5.41) is 9.39. The number of carboxylic acid groups (broad SMARTS) is 1. The van der Waals surface area contributed by atoms with E-state index >= 15 is 0 Å². The molecule has 0 aromatic heterocycles. The molecule has 2 aliphatic rings. The van der Waals surface area contributed by atoms with Crippen LogP contribution in [0.1, 0.15) is 46.0 Å². The van der Waals surface area contributed by atoms with Crippen LogP contribution in [0.2, 0.25) is 0 Å². The highest BCUT2D eigenvalue weighted by Gasteiger charge is 2.38. The average molecular weight is 282 g/mol. The quantitative estimate of drug-likeness (QED) is 0.840. The minimum absolute atomic E-state index is 0.287. The Morgan fingerprint density at radius 3 is 2.30 bits per heavy atom. The van der Waals surface area contributed by atoms with Crippen molar-refractivity contribution in [3.05, 3.63) is 0 Å². The molecular formula is C16H30N2O2. The first-order chi connectivity index (χ1) is 9.50. The van der Waals surface area contributed by atoms with Crippen molar-refractivity contribution < 1.29 is 9.90 Å². The van der Waals surface area contributed by atoms with Crippen molar-refractivity contribution in [2.75, 3.05) is 39.3 Å². The highest BCUT2D eigenvalue weighted by Crippen LogP contribution is 2.34. The van der Waals surface area contributed by atoms with Gasteiger partial charge in [-0.2, -0.15) is 0 Å². The molecule has 20 heavy (non-hydrogen) atoms. The van der Waals surface area contributed by atoms with Crippen LogP contribution in [-0.2, 0) is 4.79 Å². The third kappa shape index (κ3) is 3.95. The number of hydrogen-bond acceptors (Lipinski definition) is 3. The van der Waals surface area contributed by atoms with Crippen molar-refractivity contribution in [3.8, 4) is 0 Å². The minimum Gasteiger partial charge on any atom is -0.481 e. The zero-order chi connectivity index (χ0) is 14.6. The summed E-state index contributed by atoms with van der Waals surface area (Å²) in [5.74, 6) is -0.365. The van der Waals surface area contributed by atoms with Gasteiger partial charge in [-0.05, 0) is 65.1 Å². The zero-order valence-corrected chi connectivity index (χ0v) is 13.1. The first-order valence-electron chi connectivity index (χ1n) is 8.18. The lowest BCUT2D eigenvalue weighted by Gasteiger charge is -2.40. The Bertz CT molecular complexity index is 324. The molecule has 0 aromatic rings. The molecule has 0 amide bonds. The summed E-state index contributed by atoms with van der Waals surface area (Å²) >= 11 is 0. The van der Waals surface area contributed by atoms with E-state index in [1.54, 1.807) is 0 Å². The summed E-state index contributed by atoms with van der Waals surface area (Å²) in [4.78, 5) is 16.4. The van der Waals surface area contributed by atoms with Gasteiger partial charge in [0.25, 0.3) is 0 Å².